The van der Waals surface area contributed by atoms with Gasteiger partial charge in [-0.05, 0) is 48.2 Å². The zero-order valence-electron chi connectivity index (χ0n) is 12.8. The molecular formula is C16H22Cl2N4. The summed E-state index contributed by atoms with van der Waals surface area (Å²) in [6.45, 7) is 4.16. The first kappa shape index (κ1) is 18.3. The molecule has 2 aromatic carbocycles. The topological polar surface area (TPSA) is 104 Å². The minimum atomic E-state index is 0.373. The van der Waals surface area contributed by atoms with E-state index in [4.69, 9.17) is 46.1 Å². The number of aryl methyl sites for hydroxylation is 2. The molecular weight excluding hydrogens is 319 g/mol. The molecule has 2 aromatic rings. The molecule has 0 aliphatic carbocycles. The molecule has 4 nitrogen and oxygen atoms in total. The summed E-state index contributed by atoms with van der Waals surface area (Å²) < 4.78 is 0. The van der Waals surface area contributed by atoms with Crippen molar-refractivity contribution in [3.8, 4) is 0 Å². The SMILES string of the molecule is CCc1cc(N)c(CC)cc1N.Nc1cc(Cl)c(N)c(Cl)c1. The lowest BCUT2D eigenvalue weighted by Gasteiger charge is -2.08. The standard InChI is InChI=1S/C10H16N2.C6H6Cl2N2/c1-3-7-5-10(12)8(4-2)6-9(7)11;7-4-1-3(9)2-5(8)6(4)10/h5-6H,3-4,11-12H2,1-2H3;1-2H,9-10H2. The molecule has 0 fully saturated rings. The van der Waals surface area contributed by atoms with E-state index in [1.807, 2.05) is 12.1 Å². The fourth-order valence-corrected chi connectivity index (χ4v) is 2.45. The van der Waals surface area contributed by atoms with Gasteiger partial charge in [0.15, 0.2) is 0 Å². The number of benzene rings is 2. The Balaban J connectivity index is 0.000000224. The summed E-state index contributed by atoms with van der Waals surface area (Å²) in [5, 5.41) is 0.787. The Hall–Kier alpha value is -1.78. The number of hydrogen-bond acceptors (Lipinski definition) is 4. The summed E-state index contributed by atoms with van der Waals surface area (Å²) >= 11 is 11.3. The van der Waals surface area contributed by atoms with E-state index in [0.29, 0.717) is 21.4 Å². The molecule has 0 aromatic heterocycles. The van der Waals surface area contributed by atoms with Gasteiger partial charge in [0.05, 0.1) is 15.7 Å². The van der Waals surface area contributed by atoms with E-state index in [-0.39, 0.29) is 0 Å². The highest BCUT2D eigenvalue weighted by atomic mass is 35.5. The van der Waals surface area contributed by atoms with Crippen LogP contribution in [0.2, 0.25) is 10.0 Å². The molecule has 2 rings (SSSR count). The van der Waals surface area contributed by atoms with Crippen molar-refractivity contribution < 1.29 is 0 Å². The van der Waals surface area contributed by atoms with E-state index in [1.54, 1.807) is 12.1 Å². The van der Waals surface area contributed by atoms with Gasteiger partial charge in [-0.2, -0.15) is 0 Å². The van der Waals surface area contributed by atoms with Crippen LogP contribution in [0.5, 0.6) is 0 Å². The van der Waals surface area contributed by atoms with Crippen LogP contribution in [0.15, 0.2) is 24.3 Å². The van der Waals surface area contributed by atoms with Gasteiger partial charge in [0.2, 0.25) is 0 Å². The first-order valence-electron chi connectivity index (χ1n) is 6.96. The molecule has 0 aliphatic heterocycles. The van der Waals surface area contributed by atoms with Crippen LogP contribution < -0.4 is 22.9 Å². The number of hydrogen-bond donors (Lipinski definition) is 4. The molecule has 0 spiro atoms. The predicted octanol–water partition coefficient (Wildman–Crippen LogP) is 4.13. The minimum Gasteiger partial charge on any atom is -0.399 e. The zero-order valence-corrected chi connectivity index (χ0v) is 14.3. The molecule has 0 amide bonds. The average molecular weight is 341 g/mol. The van der Waals surface area contributed by atoms with Gasteiger partial charge >= 0.3 is 0 Å². The summed E-state index contributed by atoms with van der Waals surface area (Å²) in [5.74, 6) is 0. The van der Waals surface area contributed by atoms with Crippen molar-refractivity contribution in [1.82, 2.24) is 0 Å². The lowest BCUT2D eigenvalue weighted by Crippen LogP contribution is -1.99. The molecule has 0 unspecified atom stereocenters. The van der Waals surface area contributed by atoms with Crippen molar-refractivity contribution in [3.05, 3.63) is 45.4 Å². The maximum atomic E-state index is 5.82. The summed E-state index contributed by atoms with van der Waals surface area (Å²) in [6.07, 6.45) is 1.89. The fraction of sp³-hybridized carbons (Fsp3) is 0.250. The lowest BCUT2D eigenvalue weighted by atomic mass is 10.0. The van der Waals surface area contributed by atoms with E-state index < -0.39 is 0 Å². The Morgan fingerprint density at radius 1 is 0.727 bits per heavy atom. The van der Waals surface area contributed by atoms with Crippen LogP contribution in [0.1, 0.15) is 25.0 Å². The van der Waals surface area contributed by atoms with Crippen LogP contribution in [0, 0.1) is 0 Å². The molecule has 0 saturated heterocycles. The van der Waals surface area contributed by atoms with Crippen LogP contribution >= 0.6 is 23.2 Å². The maximum absolute atomic E-state index is 5.82. The van der Waals surface area contributed by atoms with E-state index in [0.717, 1.165) is 35.3 Å². The van der Waals surface area contributed by atoms with Crippen molar-refractivity contribution in [2.24, 2.45) is 0 Å². The van der Waals surface area contributed by atoms with Gasteiger partial charge in [-0.3, -0.25) is 0 Å². The first-order chi connectivity index (χ1) is 10.3. The zero-order chi connectivity index (χ0) is 16.9. The predicted molar refractivity (Wildman–Crippen MR) is 99.3 cm³/mol. The number of rotatable bonds is 2. The summed E-state index contributed by atoms with van der Waals surface area (Å²) in [7, 11) is 0. The first-order valence-corrected chi connectivity index (χ1v) is 7.72. The highest BCUT2D eigenvalue weighted by Gasteiger charge is 2.02. The van der Waals surface area contributed by atoms with Crippen LogP contribution in [-0.2, 0) is 12.8 Å². The monoisotopic (exact) mass is 340 g/mol. The third kappa shape index (κ3) is 4.61. The molecule has 0 atom stereocenters. The molecule has 22 heavy (non-hydrogen) atoms. The normalized spacial score (nSPS) is 10.0. The highest BCUT2D eigenvalue weighted by Crippen LogP contribution is 2.29. The molecule has 120 valence electrons. The quantitative estimate of drug-likeness (QED) is 0.616. The van der Waals surface area contributed by atoms with Gasteiger partial charge < -0.3 is 22.9 Å². The third-order valence-corrected chi connectivity index (χ3v) is 3.89. The van der Waals surface area contributed by atoms with Crippen LogP contribution in [0.4, 0.5) is 22.7 Å². The second kappa shape index (κ2) is 8.01. The Bertz CT molecular complexity index is 604. The molecule has 0 radical (unpaired) electrons. The van der Waals surface area contributed by atoms with Crippen molar-refractivity contribution >= 4 is 46.0 Å². The van der Waals surface area contributed by atoms with Gasteiger partial charge in [0.25, 0.3) is 0 Å². The minimum absolute atomic E-state index is 0.373. The van der Waals surface area contributed by atoms with Crippen LogP contribution in [-0.4, -0.2) is 0 Å². The smallest absolute Gasteiger partial charge is 0.0694 e. The van der Waals surface area contributed by atoms with Gasteiger partial charge in [-0.15, -0.1) is 0 Å². The largest absolute Gasteiger partial charge is 0.399 e. The van der Waals surface area contributed by atoms with Crippen LogP contribution in [0.3, 0.4) is 0 Å². The Labute approximate surface area is 141 Å². The summed E-state index contributed by atoms with van der Waals surface area (Å²) in [4.78, 5) is 0. The Morgan fingerprint density at radius 3 is 1.41 bits per heavy atom. The van der Waals surface area contributed by atoms with Gasteiger partial charge in [-0.1, -0.05) is 37.0 Å². The number of halogens is 2. The second-order valence-corrected chi connectivity index (χ2v) is 5.67. The maximum Gasteiger partial charge on any atom is 0.0694 e. The molecule has 0 bridgehead atoms. The van der Waals surface area contributed by atoms with Crippen LogP contribution in [0.25, 0.3) is 0 Å². The fourth-order valence-electron chi connectivity index (χ4n) is 1.94. The van der Waals surface area contributed by atoms with E-state index in [9.17, 15) is 0 Å². The van der Waals surface area contributed by atoms with Crippen molar-refractivity contribution in [3.63, 3.8) is 0 Å². The van der Waals surface area contributed by atoms with E-state index in [2.05, 4.69) is 13.8 Å². The number of nitrogen functional groups attached to an aromatic ring is 4. The van der Waals surface area contributed by atoms with Crippen molar-refractivity contribution in [2.45, 2.75) is 26.7 Å². The average Bonchev–Trinajstić information content (AvgIpc) is 2.47. The highest BCUT2D eigenvalue weighted by molar-refractivity contribution is 6.39. The molecule has 8 N–H and O–H groups in total. The van der Waals surface area contributed by atoms with E-state index in [1.165, 1.54) is 0 Å². The molecule has 6 heteroatoms. The number of nitrogens with two attached hydrogens (primary N) is 4. The molecule has 0 saturated carbocycles. The van der Waals surface area contributed by atoms with Crippen molar-refractivity contribution in [1.29, 1.82) is 0 Å². The lowest BCUT2D eigenvalue weighted by molar-refractivity contribution is 1.11. The molecule has 0 heterocycles. The third-order valence-electron chi connectivity index (χ3n) is 3.26. The van der Waals surface area contributed by atoms with E-state index >= 15 is 0 Å². The van der Waals surface area contributed by atoms with Crippen molar-refractivity contribution in [2.75, 3.05) is 22.9 Å². The van der Waals surface area contributed by atoms with Gasteiger partial charge in [-0.25, -0.2) is 0 Å². The van der Waals surface area contributed by atoms with Gasteiger partial charge in [0.1, 0.15) is 0 Å². The van der Waals surface area contributed by atoms with Gasteiger partial charge in [0, 0.05) is 17.1 Å². The molecule has 0 aliphatic rings. The Morgan fingerprint density at radius 2 is 1.09 bits per heavy atom. The summed E-state index contributed by atoms with van der Waals surface area (Å²) in [5.41, 5.74) is 27.4. The second-order valence-electron chi connectivity index (χ2n) is 4.86. The Kier molecular flexibility index (Phi) is 6.65. The summed E-state index contributed by atoms with van der Waals surface area (Å²) in [6, 6.07) is 7.08. The number of anilines is 4.